The van der Waals surface area contributed by atoms with E-state index in [-0.39, 0.29) is 0 Å². The van der Waals surface area contributed by atoms with Gasteiger partial charge in [-0.15, -0.1) is 0 Å². The highest BCUT2D eigenvalue weighted by molar-refractivity contribution is 5.69. The molecule has 0 fully saturated rings. The van der Waals surface area contributed by atoms with E-state index >= 15 is 0 Å². The summed E-state index contributed by atoms with van der Waals surface area (Å²) in [6, 6.07) is 26.6. The fraction of sp³-hybridized carbons (Fsp3) is 0.148. The van der Waals surface area contributed by atoms with E-state index in [2.05, 4.69) is 47.2 Å². The summed E-state index contributed by atoms with van der Waals surface area (Å²) in [6.45, 7) is 4.19. The van der Waals surface area contributed by atoms with Crippen LogP contribution in [0.2, 0.25) is 0 Å². The number of hydrogen-bond donors (Lipinski definition) is 0. The highest BCUT2D eigenvalue weighted by atomic mass is 15.1. The molecule has 0 aliphatic rings. The molecule has 0 aliphatic heterocycles. The second-order valence-corrected chi connectivity index (χ2v) is 8.00. The van der Waals surface area contributed by atoms with Crippen molar-refractivity contribution >= 4 is 0 Å². The van der Waals surface area contributed by atoms with Gasteiger partial charge in [-0.25, -0.2) is 15.0 Å². The lowest BCUT2D eigenvalue weighted by Gasteiger charge is -2.06. The van der Waals surface area contributed by atoms with Crippen molar-refractivity contribution in [1.82, 2.24) is 24.1 Å². The van der Waals surface area contributed by atoms with E-state index in [1.54, 1.807) is 0 Å². The molecule has 5 heteroatoms. The zero-order chi connectivity index (χ0) is 22.2. The molecule has 0 unspecified atom stereocenters. The predicted octanol–water partition coefficient (Wildman–Crippen LogP) is 5.83. The summed E-state index contributed by atoms with van der Waals surface area (Å²) >= 11 is 0. The topological polar surface area (TPSA) is 48.5 Å². The Bertz CT molecular complexity index is 1290. The van der Waals surface area contributed by atoms with Crippen molar-refractivity contribution < 1.29 is 0 Å². The van der Waals surface area contributed by atoms with E-state index in [0.717, 1.165) is 56.9 Å². The molecule has 32 heavy (non-hydrogen) atoms. The summed E-state index contributed by atoms with van der Waals surface area (Å²) in [6.07, 6.45) is 0. The van der Waals surface area contributed by atoms with E-state index in [1.807, 2.05) is 68.7 Å². The second-order valence-electron chi connectivity index (χ2n) is 8.00. The highest BCUT2D eigenvalue weighted by Gasteiger charge is 2.18. The van der Waals surface area contributed by atoms with Crippen LogP contribution in [0.25, 0.3) is 45.6 Å². The minimum Gasteiger partial charge on any atom is -0.330 e. The van der Waals surface area contributed by atoms with Gasteiger partial charge in [0.15, 0.2) is 11.6 Å². The van der Waals surface area contributed by atoms with Crippen LogP contribution in [0, 0.1) is 13.8 Å². The van der Waals surface area contributed by atoms with Gasteiger partial charge >= 0.3 is 0 Å². The van der Waals surface area contributed by atoms with Crippen molar-refractivity contribution in [2.45, 2.75) is 13.8 Å². The van der Waals surface area contributed by atoms with E-state index in [0.29, 0.717) is 0 Å². The molecule has 0 saturated carbocycles. The van der Waals surface area contributed by atoms with Crippen molar-refractivity contribution in [3.05, 3.63) is 90.3 Å². The average Bonchev–Trinajstić information content (AvgIpc) is 3.31. The summed E-state index contributed by atoms with van der Waals surface area (Å²) in [5.74, 6) is 1.69. The summed E-state index contributed by atoms with van der Waals surface area (Å²) in [5, 5.41) is 0. The number of rotatable bonds is 4. The maximum absolute atomic E-state index is 4.96. The first-order chi connectivity index (χ1) is 15.5. The fourth-order valence-corrected chi connectivity index (χ4v) is 4.04. The van der Waals surface area contributed by atoms with E-state index in [9.17, 15) is 0 Å². The van der Waals surface area contributed by atoms with Crippen LogP contribution in [0.4, 0.5) is 0 Å². The predicted molar refractivity (Wildman–Crippen MR) is 129 cm³/mol. The molecule has 0 radical (unpaired) electrons. The first-order valence-electron chi connectivity index (χ1n) is 10.7. The van der Waals surface area contributed by atoms with Gasteiger partial charge in [0.1, 0.15) is 11.4 Å². The molecule has 0 aliphatic carbocycles. The number of imidazole rings is 2. The normalized spacial score (nSPS) is 11.1. The molecule has 3 heterocycles. The van der Waals surface area contributed by atoms with Gasteiger partial charge in [0.2, 0.25) is 0 Å². The zero-order valence-electron chi connectivity index (χ0n) is 18.7. The molecule has 3 aromatic heterocycles. The average molecular weight is 420 g/mol. The Balaban J connectivity index is 1.59. The van der Waals surface area contributed by atoms with Crippen molar-refractivity contribution in [2.75, 3.05) is 0 Å². The molecule has 2 aromatic carbocycles. The van der Waals surface area contributed by atoms with Crippen LogP contribution >= 0.6 is 0 Å². The SMILES string of the molecule is Cc1c(-c2ccccc2)nc(-c2cccc(-c3nc(-c4ccccc4)c(C)n3C)n2)n1C. The van der Waals surface area contributed by atoms with Crippen LogP contribution in [0.15, 0.2) is 78.9 Å². The smallest absolute Gasteiger partial charge is 0.159 e. The molecule has 5 aromatic rings. The number of hydrogen-bond acceptors (Lipinski definition) is 3. The minimum absolute atomic E-state index is 0.831. The quantitative estimate of drug-likeness (QED) is 0.368. The highest BCUT2D eigenvalue weighted by Crippen LogP contribution is 2.30. The van der Waals surface area contributed by atoms with Gasteiger partial charge in [0.25, 0.3) is 0 Å². The van der Waals surface area contributed by atoms with Crippen molar-refractivity contribution in [1.29, 1.82) is 0 Å². The minimum atomic E-state index is 0.831. The lowest BCUT2D eigenvalue weighted by molar-refractivity contribution is 0.871. The third-order valence-electron chi connectivity index (χ3n) is 6.06. The van der Waals surface area contributed by atoms with E-state index in [1.165, 1.54) is 0 Å². The van der Waals surface area contributed by atoms with E-state index in [4.69, 9.17) is 15.0 Å². The second kappa shape index (κ2) is 7.93. The van der Waals surface area contributed by atoms with Gasteiger partial charge in [-0.3, -0.25) is 0 Å². The maximum Gasteiger partial charge on any atom is 0.159 e. The molecule has 0 spiro atoms. The molecule has 158 valence electrons. The molecule has 0 atom stereocenters. The van der Waals surface area contributed by atoms with Crippen LogP contribution in [0.1, 0.15) is 11.4 Å². The molecule has 0 amide bonds. The molecule has 5 rings (SSSR count). The Hall–Kier alpha value is -3.99. The molecular weight excluding hydrogens is 394 g/mol. The summed E-state index contributed by atoms with van der Waals surface area (Å²) in [4.78, 5) is 14.9. The first-order valence-corrected chi connectivity index (χ1v) is 10.7. The molecular formula is C27H25N5. The number of pyridine rings is 1. The third kappa shape index (κ3) is 3.32. The van der Waals surface area contributed by atoms with Crippen molar-refractivity contribution in [3.8, 4) is 45.6 Å². The molecule has 0 bridgehead atoms. The molecule has 5 nitrogen and oxygen atoms in total. The lowest BCUT2D eigenvalue weighted by atomic mass is 10.1. The van der Waals surface area contributed by atoms with E-state index < -0.39 is 0 Å². The van der Waals surface area contributed by atoms with Gasteiger partial charge in [0, 0.05) is 36.6 Å². The standard InChI is InChI=1S/C27H25N5/c1-18-24(20-12-7-5-8-13-20)29-26(31(18)3)22-16-11-17-23(28-22)27-30-25(19(2)32(27)4)21-14-9-6-10-15-21/h5-17H,1-4H3. The summed E-state index contributed by atoms with van der Waals surface area (Å²) in [7, 11) is 4.08. The van der Waals surface area contributed by atoms with Gasteiger partial charge in [-0.1, -0.05) is 66.7 Å². The third-order valence-corrected chi connectivity index (χ3v) is 6.06. The zero-order valence-corrected chi connectivity index (χ0v) is 18.7. The van der Waals surface area contributed by atoms with Crippen LogP contribution in [-0.2, 0) is 14.1 Å². The van der Waals surface area contributed by atoms with Crippen molar-refractivity contribution in [3.63, 3.8) is 0 Å². The maximum atomic E-state index is 4.96. The Morgan fingerprint density at radius 1 is 0.500 bits per heavy atom. The van der Waals surface area contributed by atoms with Gasteiger partial charge in [-0.05, 0) is 26.0 Å². The Labute approximate surface area is 188 Å². The Morgan fingerprint density at radius 3 is 1.31 bits per heavy atom. The van der Waals surface area contributed by atoms with Crippen LogP contribution in [-0.4, -0.2) is 24.1 Å². The van der Waals surface area contributed by atoms with Crippen LogP contribution in [0.5, 0.6) is 0 Å². The van der Waals surface area contributed by atoms with Gasteiger partial charge in [-0.2, -0.15) is 0 Å². The lowest BCUT2D eigenvalue weighted by Crippen LogP contribution is -2.00. The van der Waals surface area contributed by atoms with Crippen molar-refractivity contribution in [2.24, 2.45) is 14.1 Å². The fourth-order valence-electron chi connectivity index (χ4n) is 4.04. The largest absolute Gasteiger partial charge is 0.330 e. The number of benzene rings is 2. The van der Waals surface area contributed by atoms with Gasteiger partial charge < -0.3 is 9.13 Å². The number of aromatic nitrogens is 5. The van der Waals surface area contributed by atoms with Gasteiger partial charge in [0.05, 0.1) is 11.4 Å². The van der Waals surface area contributed by atoms with Crippen LogP contribution in [0.3, 0.4) is 0 Å². The monoisotopic (exact) mass is 419 g/mol. The summed E-state index contributed by atoms with van der Waals surface area (Å²) < 4.78 is 4.21. The molecule has 0 N–H and O–H groups in total. The Morgan fingerprint density at radius 2 is 0.906 bits per heavy atom. The summed E-state index contributed by atoms with van der Waals surface area (Å²) in [5.41, 5.74) is 8.05. The molecule has 0 saturated heterocycles. The number of nitrogens with zero attached hydrogens (tertiary/aromatic N) is 5. The first kappa shape index (κ1) is 19.9. The van der Waals surface area contributed by atoms with Crippen LogP contribution < -0.4 is 0 Å². The Kier molecular flexibility index (Phi) is 4.94.